The van der Waals surface area contributed by atoms with Crippen LogP contribution in [-0.2, 0) is 19.1 Å². The number of rotatable bonds is 1. The SMILES string of the molecule is C=C1C(=O)O[C@H]2[C@H]1[C@@H](OC(C)=O)CC(C)=C1C[C@H](Cl)[C@@](C)(O)[C@@H]12. The van der Waals surface area contributed by atoms with Crippen LogP contribution >= 0.6 is 11.6 Å². The van der Waals surface area contributed by atoms with Gasteiger partial charge < -0.3 is 14.6 Å². The summed E-state index contributed by atoms with van der Waals surface area (Å²) in [6.07, 6.45) is -0.0998. The molecule has 1 saturated carbocycles. The lowest BCUT2D eigenvalue weighted by Crippen LogP contribution is -2.46. The maximum absolute atomic E-state index is 12.1. The van der Waals surface area contributed by atoms with Crippen molar-refractivity contribution in [1.82, 2.24) is 0 Å². The van der Waals surface area contributed by atoms with Gasteiger partial charge in [0, 0.05) is 24.8 Å². The molecule has 126 valence electrons. The van der Waals surface area contributed by atoms with Crippen molar-refractivity contribution in [3.05, 3.63) is 23.3 Å². The zero-order valence-corrected chi connectivity index (χ0v) is 14.2. The quantitative estimate of drug-likeness (QED) is 0.342. The van der Waals surface area contributed by atoms with E-state index in [2.05, 4.69) is 6.58 Å². The van der Waals surface area contributed by atoms with Gasteiger partial charge in [-0.1, -0.05) is 17.7 Å². The highest BCUT2D eigenvalue weighted by molar-refractivity contribution is 6.22. The van der Waals surface area contributed by atoms with E-state index in [-0.39, 0.29) is 0 Å². The van der Waals surface area contributed by atoms with E-state index in [1.165, 1.54) is 6.92 Å². The van der Waals surface area contributed by atoms with E-state index in [0.29, 0.717) is 18.4 Å². The number of halogens is 1. The third-order valence-corrected chi connectivity index (χ3v) is 6.00. The molecule has 0 amide bonds. The first-order chi connectivity index (χ1) is 10.6. The summed E-state index contributed by atoms with van der Waals surface area (Å²) in [5.74, 6) is -1.77. The second-order valence-electron chi connectivity index (χ2n) is 6.95. The molecule has 1 N–H and O–H groups in total. The van der Waals surface area contributed by atoms with Crippen LogP contribution in [0.5, 0.6) is 0 Å². The van der Waals surface area contributed by atoms with Gasteiger partial charge in [0.15, 0.2) is 0 Å². The van der Waals surface area contributed by atoms with E-state index >= 15 is 0 Å². The van der Waals surface area contributed by atoms with E-state index in [1.54, 1.807) is 6.92 Å². The van der Waals surface area contributed by atoms with Crippen molar-refractivity contribution in [2.24, 2.45) is 11.8 Å². The number of fused-ring (bicyclic) bond motifs is 3. The Kier molecular flexibility index (Phi) is 3.84. The maximum atomic E-state index is 12.1. The van der Waals surface area contributed by atoms with Crippen molar-refractivity contribution in [3.8, 4) is 0 Å². The zero-order valence-electron chi connectivity index (χ0n) is 13.5. The molecular formula is C17H21ClO5. The Morgan fingerprint density at radius 1 is 1.48 bits per heavy atom. The number of ether oxygens (including phenoxy) is 2. The van der Waals surface area contributed by atoms with Gasteiger partial charge in [0.2, 0.25) is 0 Å². The summed E-state index contributed by atoms with van der Waals surface area (Å²) in [5, 5.41) is 10.4. The van der Waals surface area contributed by atoms with Crippen molar-refractivity contribution in [2.45, 2.75) is 56.8 Å². The number of aliphatic hydroxyl groups is 1. The van der Waals surface area contributed by atoms with E-state index in [1.807, 2.05) is 6.92 Å². The molecule has 6 atom stereocenters. The maximum Gasteiger partial charge on any atom is 0.334 e. The first-order valence-corrected chi connectivity index (χ1v) is 8.20. The monoisotopic (exact) mass is 340 g/mol. The van der Waals surface area contributed by atoms with E-state index < -0.39 is 47.0 Å². The van der Waals surface area contributed by atoms with Crippen LogP contribution in [0.3, 0.4) is 0 Å². The van der Waals surface area contributed by atoms with Gasteiger partial charge in [-0.2, -0.15) is 0 Å². The van der Waals surface area contributed by atoms with Crippen LogP contribution in [0.25, 0.3) is 0 Å². The summed E-state index contributed by atoms with van der Waals surface area (Å²) in [4.78, 5) is 23.5. The van der Waals surface area contributed by atoms with Crippen LogP contribution in [0.4, 0.5) is 0 Å². The molecule has 0 bridgehead atoms. The van der Waals surface area contributed by atoms with Gasteiger partial charge in [-0.15, -0.1) is 11.6 Å². The minimum absolute atomic E-state index is 0.295. The Hall–Kier alpha value is -1.33. The summed E-state index contributed by atoms with van der Waals surface area (Å²) in [7, 11) is 0. The minimum atomic E-state index is -1.20. The molecule has 2 aliphatic carbocycles. The molecule has 3 aliphatic rings. The molecule has 0 radical (unpaired) electrons. The van der Waals surface area contributed by atoms with Crippen LogP contribution in [0, 0.1) is 11.8 Å². The van der Waals surface area contributed by atoms with Gasteiger partial charge in [0.1, 0.15) is 12.2 Å². The van der Waals surface area contributed by atoms with Gasteiger partial charge >= 0.3 is 11.9 Å². The fourth-order valence-corrected chi connectivity index (χ4v) is 4.55. The Morgan fingerprint density at radius 2 is 2.13 bits per heavy atom. The van der Waals surface area contributed by atoms with Crippen LogP contribution in [0.15, 0.2) is 23.3 Å². The second-order valence-corrected chi connectivity index (χ2v) is 7.48. The Labute approximate surface area is 140 Å². The molecule has 3 rings (SSSR count). The van der Waals surface area contributed by atoms with Gasteiger partial charge in [0.05, 0.1) is 16.9 Å². The molecule has 6 heteroatoms. The van der Waals surface area contributed by atoms with Gasteiger partial charge in [-0.3, -0.25) is 4.79 Å². The summed E-state index contributed by atoms with van der Waals surface area (Å²) in [6.45, 7) is 8.80. The Bertz CT molecular complexity index is 620. The summed E-state index contributed by atoms with van der Waals surface area (Å²) < 4.78 is 11.0. The topological polar surface area (TPSA) is 72.8 Å². The average molecular weight is 341 g/mol. The number of carbonyl (C=O) groups excluding carboxylic acids is 2. The van der Waals surface area contributed by atoms with Crippen LogP contribution in [0.1, 0.15) is 33.6 Å². The molecule has 23 heavy (non-hydrogen) atoms. The Balaban J connectivity index is 2.10. The smallest absolute Gasteiger partial charge is 0.334 e. The second kappa shape index (κ2) is 5.35. The van der Waals surface area contributed by atoms with Gasteiger partial charge in [-0.05, 0) is 20.3 Å². The average Bonchev–Trinajstić information content (AvgIpc) is 2.79. The van der Waals surface area contributed by atoms with Crippen LogP contribution in [0.2, 0.25) is 0 Å². The number of esters is 2. The largest absolute Gasteiger partial charge is 0.461 e. The molecule has 0 spiro atoms. The lowest BCUT2D eigenvalue weighted by atomic mass is 9.78. The lowest BCUT2D eigenvalue weighted by molar-refractivity contribution is -0.152. The predicted molar refractivity (Wildman–Crippen MR) is 83.8 cm³/mol. The highest BCUT2D eigenvalue weighted by atomic mass is 35.5. The third kappa shape index (κ3) is 2.41. The van der Waals surface area contributed by atoms with Crippen molar-refractivity contribution in [1.29, 1.82) is 0 Å². The zero-order chi connectivity index (χ0) is 17.1. The molecule has 0 aromatic rings. The molecule has 0 aromatic carbocycles. The predicted octanol–water partition coefficient (Wildman–Crippen LogP) is 2.11. The number of alkyl halides is 1. The van der Waals surface area contributed by atoms with Crippen molar-refractivity contribution >= 4 is 23.5 Å². The van der Waals surface area contributed by atoms with Crippen LogP contribution in [-0.4, -0.2) is 40.2 Å². The van der Waals surface area contributed by atoms with Crippen molar-refractivity contribution in [2.75, 3.05) is 0 Å². The first kappa shape index (κ1) is 16.5. The number of carbonyl (C=O) groups is 2. The molecule has 1 heterocycles. The number of hydrogen-bond donors (Lipinski definition) is 1. The molecule has 2 fully saturated rings. The highest BCUT2D eigenvalue weighted by Gasteiger charge is 2.60. The molecule has 1 aliphatic heterocycles. The van der Waals surface area contributed by atoms with E-state index in [0.717, 1.165) is 11.1 Å². The highest BCUT2D eigenvalue weighted by Crippen LogP contribution is 2.54. The summed E-state index contributed by atoms with van der Waals surface area (Å²) >= 11 is 6.35. The third-order valence-electron chi connectivity index (χ3n) is 5.40. The van der Waals surface area contributed by atoms with Gasteiger partial charge in [0.25, 0.3) is 0 Å². The molecular weight excluding hydrogens is 320 g/mol. The molecule has 0 aromatic heterocycles. The van der Waals surface area contributed by atoms with Crippen molar-refractivity contribution < 1.29 is 24.2 Å². The molecule has 0 unspecified atom stereocenters. The normalized spacial score (nSPS) is 42.9. The standard InChI is InChI=1S/C17H21ClO5/c1-7-5-11(22-9(3)19)13-8(2)16(20)23-15(13)14-10(7)6-12(18)17(14,4)21/h11-15,21H,2,5-6H2,1,3-4H3/t11-,12-,13+,14-,15-,17+/m0/s1. The van der Waals surface area contributed by atoms with Crippen molar-refractivity contribution in [3.63, 3.8) is 0 Å². The van der Waals surface area contributed by atoms with E-state index in [4.69, 9.17) is 21.1 Å². The van der Waals surface area contributed by atoms with Gasteiger partial charge in [-0.25, -0.2) is 4.79 Å². The fraction of sp³-hybridized carbons (Fsp3) is 0.647. The fourth-order valence-electron chi connectivity index (χ4n) is 4.25. The minimum Gasteiger partial charge on any atom is -0.461 e. The van der Waals surface area contributed by atoms with E-state index in [9.17, 15) is 14.7 Å². The first-order valence-electron chi connectivity index (χ1n) is 7.76. The summed E-state index contributed by atoms with van der Waals surface area (Å²) in [5.41, 5.74) is 1.13. The molecule has 1 saturated heterocycles. The van der Waals surface area contributed by atoms with Crippen LogP contribution < -0.4 is 0 Å². The summed E-state index contributed by atoms with van der Waals surface area (Å²) in [6, 6.07) is 0. The Morgan fingerprint density at radius 3 is 2.74 bits per heavy atom. The molecule has 5 nitrogen and oxygen atoms in total. The lowest BCUT2D eigenvalue weighted by Gasteiger charge is -2.34. The number of hydrogen-bond acceptors (Lipinski definition) is 5.